The summed E-state index contributed by atoms with van der Waals surface area (Å²) in [5.74, 6) is -0.208. The highest BCUT2D eigenvalue weighted by Gasteiger charge is 2.20. The molecule has 0 unspecified atom stereocenters. The molecule has 2 N–H and O–H groups in total. The van der Waals surface area contributed by atoms with Crippen LogP contribution in [-0.4, -0.2) is 40.8 Å². The van der Waals surface area contributed by atoms with Gasteiger partial charge in [-0.2, -0.15) is 4.37 Å². The predicted octanol–water partition coefficient (Wildman–Crippen LogP) is 2.16. The van der Waals surface area contributed by atoms with Crippen molar-refractivity contribution in [2.45, 2.75) is 6.42 Å². The first kappa shape index (κ1) is 14.5. The Hall–Kier alpha value is -2.41. The number of hydrogen-bond donors (Lipinski definition) is 2. The van der Waals surface area contributed by atoms with Crippen LogP contribution in [0.3, 0.4) is 0 Å². The van der Waals surface area contributed by atoms with Crippen molar-refractivity contribution in [2.75, 3.05) is 25.0 Å². The number of hydrogen-bond acceptors (Lipinski definition) is 4. The van der Waals surface area contributed by atoms with Gasteiger partial charge in [0.15, 0.2) is 0 Å². The standard InChI is InChI=1S/C15H16N4O2S/c20-13(10-19-8-4-7-16-15(19)21)17-14-9-12(18-22-14)11-5-2-1-3-6-11/h1-3,5-6,9H,4,7-8,10H2,(H,16,21)(H,17,20). The van der Waals surface area contributed by atoms with Crippen LogP contribution in [0.15, 0.2) is 36.4 Å². The molecule has 1 aromatic carbocycles. The lowest BCUT2D eigenvalue weighted by atomic mass is 10.2. The van der Waals surface area contributed by atoms with Crippen LogP contribution in [0.2, 0.25) is 0 Å². The number of carbonyl (C=O) groups is 2. The Morgan fingerprint density at radius 1 is 1.36 bits per heavy atom. The number of urea groups is 1. The topological polar surface area (TPSA) is 74.3 Å². The third-order valence-corrected chi connectivity index (χ3v) is 4.05. The van der Waals surface area contributed by atoms with Crippen molar-refractivity contribution in [3.8, 4) is 11.3 Å². The first-order valence-corrected chi connectivity index (χ1v) is 7.84. The molecular weight excluding hydrogens is 300 g/mol. The second-order valence-corrected chi connectivity index (χ2v) is 5.80. The van der Waals surface area contributed by atoms with Crippen LogP contribution in [-0.2, 0) is 4.79 Å². The second-order valence-electron chi connectivity index (χ2n) is 5.00. The molecule has 2 aromatic rings. The highest BCUT2D eigenvalue weighted by Crippen LogP contribution is 2.25. The van der Waals surface area contributed by atoms with Crippen molar-refractivity contribution >= 4 is 28.5 Å². The number of aromatic nitrogens is 1. The summed E-state index contributed by atoms with van der Waals surface area (Å²) in [5.41, 5.74) is 1.84. The Bertz CT molecular complexity index is 671. The molecule has 0 radical (unpaired) electrons. The van der Waals surface area contributed by atoms with Gasteiger partial charge in [-0.05, 0) is 18.0 Å². The van der Waals surface area contributed by atoms with E-state index in [0.29, 0.717) is 18.1 Å². The van der Waals surface area contributed by atoms with Gasteiger partial charge in [0.2, 0.25) is 5.91 Å². The molecule has 0 aliphatic carbocycles. The number of anilines is 1. The highest BCUT2D eigenvalue weighted by atomic mass is 32.1. The van der Waals surface area contributed by atoms with Gasteiger partial charge in [-0.3, -0.25) is 4.79 Å². The Balaban J connectivity index is 1.60. The van der Waals surface area contributed by atoms with Gasteiger partial charge < -0.3 is 15.5 Å². The summed E-state index contributed by atoms with van der Waals surface area (Å²) in [6.45, 7) is 1.34. The first-order valence-electron chi connectivity index (χ1n) is 7.07. The molecule has 7 heteroatoms. The molecule has 22 heavy (non-hydrogen) atoms. The Kier molecular flexibility index (Phi) is 4.34. The fourth-order valence-corrected chi connectivity index (χ4v) is 2.94. The third kappa shape index (κ3) is 3.43. The summed E-state index contributed by atoms with van der Waals surface area (Å²) in [6.07, 6.45) is 0.859. The predicted molar refractivity (Wildman–Crippen MR) is 85.8 cm³/mol. The van der Waals surface area contributed by atoms with Crippen LogP contribution in [0.5, 0.6) is 0 Å². The molecule has 114 valence electrons. The number of nitrogens with zero attached hydrogens (tertiary/aromatic N) is 2. The minimum Gasteiger partial charge on any atom is -0.338 e. The van der Waals surface area contributed by atoms with Gasteiger partial charge in [0, 0.05) is 24.7 Å². The van der Waals surface area contributed by atoms with Crippen molar-refractivity contribution in [1.29, 1.82) is 0 Å². The summed E-state index contributed by atoms with van der Waals surface area (Å²) in [4.78, 5) is 25.1. The van der Waals surface area contributed by atoms with Gasteiger partial charge in [0.1, 0.15) is 11.5 Å². The van der Waals surface area contributed by atoms with Gasteiger partial charge in [-0.15, -0.1) is 0 Å². The van der Waals surface area contributed by atoms with E-state index in [1.54, 1.807) is 0 Å². The Labute approximate surface area is 132 Å². The Morgan fingerprint density at radius 3 is 2.95 bits per heavy atom. The van der Waals surface area contributed by atoms with E-state index < -0.39 is 0 Å². The van der Waals surface area contributed by atoms with Gasteiger partial charge in [-0.25, -0.2) is 4.79 Å². The molecule has 0 bridgehead atoms. The summed E-state index contributed by atoms with van der Waals surface area (Å²) < 4.78 is 4.34. The summed E-state index contributed by atoms with van der Waals surface area (Å²) >= 11 is 1.23. The van der Waals surface area contributed by atoms with Gasteiger partial charge in [0.25, 0.3) is 0 Å². The largest absolute Gasteiger partial charge is 0.338 e. The number of amides is 3. The van der Waals surface area contributed by atoms with Crippen molar-refractivity contribution in [1.82, 2.24) is 14.6 Å². The fraction of sp³-hybridized carbons (Fsp3) is 0.267. The van der Waals surface area contributed by atoms with E-state index in [1.165, 1.54) is 16.4 Å². The van der Waals surface area contributed by atoms with E-state index in [4.69, 9.17) is 0 Å². The average molecular weight is 316 g/mol. The molecule has 1 saturated heterocycles. The minimum atomic E-state index is -0.208. The van der Waals surface area contributed by atoms with E-state index in [1.807, 2.05) is 36.4 Å². The number of benzene rings is 1. The van der Waals surface area contributed by atoms with E-state index in [-0.39, 0.29) is 18.5 Å². The van der Waals surface area contributed by atoms with Crippen LogP contribution < -0.4 is 10.6 Å². The zero-order chi connectivity index (χ0) is 15.4. The lowest BCUT2D eigenvalue weighted by Gasteiger charge is -2.26. The molecule has 0 atom stereocenters. The molecular formula is C15H16N4O2S. The van der Waals surface area contributed by atoms with Crippen molar-refractivity contribution in [3.63, 3.8) is 0 Å². The molecule has 3 rings (SSSR count). The lowest BCUT2D eigenvalue weighted by Crippen LogP contribution is -2.49. The van der Waals surface area contributed by atoms with Crippen LogP contribution in [0, 0.1) is 0 Å². The molecule has 3 amide bonds. The summed E-state index contributed by atoms with van der Waals surface area (Å²) in [6, 6.07) is 11.4. The lowest BCUT2D eigenvalue weighted by molar-refractivity contribution is -0.116. The van der Waals surface area contributed by atoms with Crippen molar-refractivity contribution in [2.24, 2.45) is 0 Å². The van der Waals surface area contributed by atoms with Crippen LogP contribution in [0.4, 0.5) is 9.80 Å². The van der Waals surface area contributed by atoms with E-state index >= 15 is 0 Å². The number of carbonyl (C=O) groups excluding carboxylic acids is 2. The van der Waals surface area contributed by atoms with E-state index in [9.17, 15) is 9.59 Å². The number of rotatable bonds is 4. The quantitative estimate of drug-likeness (QED) is 0.908. The van der Waals surface area contributed by atoms with Crippen LogP contribution in [0.25, 0.3) is 11.3 Å². The maximum Gasteiger partial charge on any atom is 0.317 e. The third-order valence-electron chi connectivity index (χ3n) is 3.35. The average Bonchev–Trinajstić information content (AvgIpc) is 2.99. The molecule has 1 aromatic heterocycles. The molecule has 1 fully saturated rings. The molecule has 1 aliphatic rings. The van der Waals surface area contributed by atoms with Crippen LogP contribution >= 0.6 is 11.5 Å². The maximum atomic E-state index is 12.0. The normalized spacial score (nSPS) is 14.5. The second kappa shape index (κ2) is 6.57. The summed E-state index contributed by atoms with van der Waals surface area (Å²) in [7, 11) is 0. The highest BCUT2D eigenvalue weighted by molar-refractivity contribution is 7.10. The van der Waals surface area contributed by atoms with Crippen molar-refractivity contribution in [3.05, 3.63) is 36.4 Å². The molecule has 0 saturated carbocycles. The molecule has 6 nitrogen and oxygen atoms in total. The van der Waals surface area contributed by atoms with Gasteiger partial charge >= 0.3 is 6.03 Å². The maximum absolute atomic E-state index is 12.0. The minimum absolute atomic E-state index is 0.0599. The molecule has 0 spiro atoms. The smallest absolute Gasteiger partial charge is 0.317 e. The van der Waals surface area contributed by atoms with Crippen LogP contribution in [0.1, 0.15) is 6.42 Å². The fourth-order valence-electron chi connectivity index (χ4n) is 2.26. The molecule has 1 aliphatic heterocycles. The van der Waals surface area contributed by atoms with Gasteiger partial charge in [-0.1, -0.05) is 30.3 Å². The Morgan fingerprint density at radius 2 is 2.18 bits per heavy atom. The van der Waals surface area contributed by atoms with Gasteiger partial charge in [0.05, 0.1) is 5.69 Å². The monoisotopic (exact) mass is 316 g/mol. The zero-order valence-corrected chi connectivity index (χ0v) is 12.7. The van der Waals surface area contributed by atoms with E-state index in [0.717, 1.165) is 17.7 Å². The SMILES string of the molecule is O=C(CN1CCCNC1=O)Nc1cc(-c2ccccc2)ns1. The summed E-state index contributed by atoms with van der Waals surface area (Å²) in [5, 5.41) is 6.20. The number of nitrogens with one attached hydrogen (secondary N) is 2. The first-order chi connectivity index (χ1) is 10.7. The molecule has 2 heterocycles. The van der Waals surface area contributed by atoms with Crippen molar-refractivity contribution < 1.29 is 9.59 Å². The zero-order valence-electron chi connectivity index (χ0n) is 11.9. The van der Waals surface area contributed by atoms with E-state index in [2.05, 4.69) is 15.0 Å².